The van der Waals surface area contributed by atoms with Crippen LogP contribution in [0.1, 0.15) is 50.6 Å². The highest BCUT2D eigenvalue weighted by atomic mass is 32.2. The first-order chi connectivity index (χ1) is 17.6. The van der Waals surface area contributed by atoms with Gasteiger partial charge in [0, 0.05) is 36.7 Å². The van der Waals surface area contributed by atoms with Gasteiger partial charge in [-0.3, -0.25) is 9.78 Å². The number of sulfonamides is 1. The third-order valence-corrected chi connectivity index (χ3v) is 8.64. The van der Waals surface area contributed by atoms with E-state index in [1.54, 1.807) is 13.2 Å². The second-order valence-corrected chi connectivity index (χ2v) is 12.1. The molecule has 0 bridgehead atoms. The fraction of sp³-hybridized carbons (Fsp3) is 0.379. The minimum atomic E-state index is -3.20. The van der Waals surface area contributed by atoms with Crippen LogP contribution in [0.3, 0.4) is 0 Å². The molecule has 0 aliphatic heterocycles. The third-order valence-electron chi connectivity index (χ3n) is 7.29. The Balaban J connectivity index is 1.47. The summed E-state index contributed by atoms with van der Waals surface area (Å²) >= 11 is 0. The fourth-order valence-corrected chi connectivity index (χ4v) is 5.76. The van der Waals surface area contributed by atoms with E-state index in [1.165, 1.54) is 10.6 Å². The predicted octanol–water partition coefficient (Wildman–Crippen LogP) is 5.21. The van der Waals surface area contributed by atoms with Crippen LogP contribution in [0.5, 0.6) is 0 Å². The molecule has 1 unspecified atom stereocenters. The lowest BCUT2D eigenvalue weighted by atomic mass is 9.84. The Labute approximate surface area is 220 Å². The maximum atomic E-state index is 12.9. The molecule has 3 aromatic rings. The van der Waals surface area contributed by atoms with Crippen LogP contribution in [0, 0.1) is 5.92 Å². The number of hydrogen-bond acceptors (Lipinski definition) is 5. The van der Waals surface area contributed by atoms with Gasteiger partial charge in [0.05, 0.1) is 23.8 Å². The zero-order valence-corrected chi connectivity index (χ0v) is 22.5. The van der Waals surface area contributed by atoms with Crippen LogP contribution in [-0.4, -0.2) is 43.0 Å². The van der Waals surface area contributed by atoms with Crippen molar-refractivity contribution in [3.8, 4) is 22.4 Å². The number of pyridine rings is 1. The minimum absolute atomic E-state index is 0.0154. The number of rotatable bonds is 8. The van der Waals surface area contributed by atoms with Crippen molar-refractivity contribution < 1.29 is 13.2 Å². The summed E-state index contributed by atoms with van der Waals surface area (Å²) in [6, 6.07) is 20.1. The largest absolute Gasteiger partial charge is 0.325 e. The smallest absolute Gasteiger partial charge is 0.224 e. The van der Waals surface area contributed by atoms with Gasteiger partial charge in [0.1, 0.15) is 0 Å². The lowest BCUT2D eigenvalue weighted by Gasteiger charge is -2.33. The maximum absolute atomic E-state index is 12.9. The first kappa shape index (κ1) is 27.0. The van der Waals surface area contributed by atoms with Crippen molar-refractivity contribution >= 4 is 21.6 Å². The van der Waals surface area contributed by atoms with Crippen LogP contribution in [0.2, 0.25) is 0 Å². The molecule has 1 atom stereocenters. The van der Waals surface area contributed by atoms with Gasteiger partial charge < -0.3 is 11.1 Å². The Morgan fingerprint density at radius 3 is 2.30 bits per heavy atom. The van der Waals surface area contributed by atoms with Crippen LogP contribution in [0.4, 0.5) is 5.69 Å². The van der Waals surface area contributed by atoms with Gasteiger partial charge in [-0.1, -0.05) is 54.6 Å². The van der Waals surface area contributed by atoms with Crippen molar-refractivity contribution in [2.24, 2.45) is 11.7 Å². The van der Waals surface area contributed by atoms with Crippen molar-refractivity contribution in [3.63, 3.8) is 0 Å². The highest BCUT2D eigenvalue weighted by molar-refractivity contribution is 7.88. The average Bonchev–Trinajstić information content (AvgIpc) is 2.88. The van der Waals surface area contributed by atoms with E-state index < -0.39 is 10.0 Å². The topological polar surface area (TPSA) is 105 Å². The number of benzene rings is 2. The summed E-state index contributed by atoms with van der Waals surface area (Å²) in [6.45, 7) is 1.96. The molecule has 0 saturated heterocycles. The van der Waals surface area contributed by atoms with Crippen LogP contribution in [-0.2, 0) is 14.8 Å². The Morgan fingerprint density at radius 2 is 1.70 bits per heavy atom. The highest BCUT2D eigenvalue weighted by Gasteiger charge is 2.29. The van der Waals surface area contributed by atoms with E-state index in [9.17, 15) is 13.2 Å². The molecule has 0 radical (unpaired) electrons. The van der Waals surface area contributed by atoms with E-state index >= 15 is 0 Å². The van der Waals surface area contributed by atoms with Gasteiger partial charge in [-0.25, -0.2) is 12.7 Å². The molecular formula is C29H36N4O3S. The molecule has 0 spiro atoms. The Hall–Kier alpha value is -3.07. The third kappa shape index (κ3) is 6.83. The average molecular weight is 521 g/mol. The van der Waals surface area contributed by atoms with Gasteiger partial charge >= 0.3 is 0 Å². The molecule has 196 valence electrons. The van der Waals surface area contributed by atoms with E-state index in [1.807, 2.05) is 67.6 Å². The molecule has 4 rings (SSSR count). The van der Waals surface area contributed by atoms with Crippen LogP contribution in [0.15, 0.2) is 66.9 Å². The standard InChI is InChI=1S/C29H36N4O3S/c1-20(30)22-11-13-24(14-12-22)29-27(23-7-5-4-6-8-23)18-25(19-31-29)32-28(34)17-21-9-15-26(16-10-21)33(2)37(3,35)36/h4-8,11-14,18-21,26H,9-10,15-17,30H2,1-3H3,(H,32,34)/t20?,21-,26-. The molecule has 1 amide bonds. The Bertz CT molecular complexity index is 1320. The Kier molecular flexibility index (Phi) is 8.42. The number of carbonyl (C=O) groups excluding carboxylic acids is 1. The van der Waals surface area contributed by atoms with Gasteiger partial charge in [0.2, 0.25) is 15.9 Å². The fourth-order valence-electron chi connectivity index (χ4n) is 5.00. The monoisotopic (exact) mass is 520 g/mol. The zero-order chi connectivity index (χ0) is 26.6. The molecule has 1 aliphatic carbocycles. The van der Waals surface area contributed by atoms with E-state index in [4.69, 9.17) is 10.7 Å². The van der Waals surface area contributed by atoms with Crippen molar-refractivity contribution in [1.82, 2.24) is 9.29 Å². The summed E-state index contributed by atoms with van der Waals surface area (Å²) in [5, 5.41) is 3.04. The number of nitrogens with zero attached hydrogens (tertiary/aromatic N) is 2. The molecule has 1 saturated carbocycles. The number of nitrogens with one attached hydrogen (secondary N) is 1. The number of amides is 1. The van der Waals surface area contributed by atoms with E-state index in [-0.39, 0.29) is 23.9 Å². The lowest BCUT2D eigenvalue weighted by molar-refractivity contribution is -0.117. The number of anilines is 1. The van der Waals surface area contributed by atoms with Crippen LogP contribution >= 0.6 is 0 Å². The summed E-state index contributed by atoms with van der Waals surface area (Å²) < 4.78 is 25.1. The highest BCUT2D eigenvalue weighted by Crippen LogP contribution is 2.34. The number of nitrogens with two attached hydrogens (primary N) is 1. The second kappa shape index (κ2) is 11.5. The molecule has 1 aromatic heterocycles. The first-order valence-electron chi connectivity index (χ1n) is 12.8. The van der Waals surface area contributed by atoms with Gasteiger partial charge in [-0.05, 0) is 55.7 Å². The number of hydrogen-bond donors (Lipinski definition) is 2. The molecule has 1 fully saturated rings. The minimum Gasteiger partial charge on any atom is -0.325 e. The molecule has 3 N–H and O–H groups in total. The molecule has 37 heavy (non-hydrogen) atoms. The molecule has 8 heteroatoms. The molecule has 1 aliphatic rings. The van der Waals surface area contributed by atoms with Crippen molar-refractivity contribution in [2.75, 3.05) is 18.6 Å². The van der Waals surface area contributed by atoms with Crippen LogP contribution in [0.25, 0.3) is 22.4 Å². The maximum Gasteiger partial charge on any atom is 0.224 e. The van der Waals surface area contributed by atoms with Crippen molar-refractivity contribution in [2.45, 2.75) is 51.1 Å². The Morgan fingerprint density at radius 1 is 1.05 bits per heavy atom. The van der Waals surface area contributed by atoms with E-state index in [2.05, 4.69) is 5.32 Å². The zero-order valence-electron chi connectivity index (χ0n) is 21.7. The molecule has 1 heterocycles. The summed E-state index contributed by atoms with van der Waals surface area (Å²) in [5.41, 5.74) is 11.5. The summed E-state index contributed by atoms with van der Waals surface area (Å²) in [7, 11) is -1.56. The second-order valence-electron chi connectivity index (χ2n) is 10.1. The lowest BCUT2D eigenvalue weighted by Crippen LogP contribution is -2.39. The molecular weight excluding hydrogens is 484 g/mol. The van der Waals surface area contributed by atoms with Crippen molar-refractivity contribution in [3.05, 3.63) is 72.4 Å². The van der Waals surface area contributed by atoms with Gasteiger partial charge in [-0.2, -0.15) is 0 Å². The molecule has 7 nitrogen and oxygen atoms in total. The quantitative estimate of drug-likeness (QED) is 0.424. The number of carbonyl (C=O) groups is 1. The summed E-state index contributed by atoms with van der Waals surface area (Å²) in [4.78, 5) is 17.6. The van der Waals surface area contributed by atoms with E-state index in [0.29, 0.717) is 12.1 Å². The van der Waals surface area contributed by atoms with Gasteiger partial charge in [-0.15, -0.1) is 0 Å². The van der Waals surface area contributed by atoms with Gasteiger partial charge in [0.25, 0.3) is 0 Å². The van der Waals surface area contributed by atoms with Crippen LogP contribution < -0.4 is 11.1 Å². The van der Waals surface area contributed by atoms with Gasteiger partial charge in [0.15, 0.2) is 0 Å². The summed E-state index contributed by atoms with van der Waals surface area (Å²) in [6.07, 6.45) is 6.58. The normalized spacial score (nSPS) is 18.9. The predicted molar refractivity (Wildman–Crippen MR) is 149 cm³/mol. The first-order valence-corrected chi connectivity index (χ1v) is 14.6. The SMILES string of the molecule is CC(N)c1ccc(-c2ncc(NC(=O)C[C@H]3CC[C@H](N(C)S(C)(=O)=O)CC3)cc2-c2ccccc2)cc1. The number of aromatic nitrogens is 1. The molecule has 2 aromatic carbocycles. The summed E-state index contributed by atoms with van der Waals surface area (Å²) in [5.74, 6) is 0.197. The van der Waals surface area contributed by atoms with Crippen molar-refractivity contribution in [1.29, 1.82) is 0 Å². The van der Waals surface area contributed by atoms with E-state index in [0.717, 1.165) is 53.6 Å².